The van der Waals surface area contributed by atoms with E-state index in [9.17, 15) is 9.59 Å². The highest BCUT2D eigenvalue weighted by atomic mass is 35.5. The van der Waals surface area contributed by atoms with Crippen molar-refractivity contribution >= 4 is 52.2 Å². The van der Waals surface area contributed by atoms with Crippen molar-refractivity contribution < 1.29 is 28.5 Å². The minimum absolute atomic E-state index is 0.00944. The highest BCUT2D eigenvalue weighted by molar-refractivity contribution is 8.18. The number of carbonyl (C=O) groups is 2. The Hall–Kier alpha value is -3.33. The van der Waals surface area contributed by atoms with E-state index in [0.717, 1.165) is 22.2 Å². The first-order valence-electron chi connectivity index (χ1n) is 10.8. The predicted molar refractivity (Wildman–Crippen MR) is 138 cm³/mol. The monoisotopic (exact) mass is 543 g/mol. The number of rotatable bonds is 7. The average molecular weight is 544 g/mol. The first kappa shape index (κ1) is 24.4. The van der Waals surface area contributed by atoms with Crippen LogP contribution in [0.4, 0.5) is 4.79 Å². The van der Waals surface area contributed by atoms with Crippen molar-refractivity contribution in [3.63, 3.8) is 0 Å². The molecule has 0 bridgehead atoms. The molecule has 1 saturated heterocycles. The maximum Gasteiger partial charge on any atom is 0.293 e. The maximum absolute atomic E-state index is 13.2. The molecule has 3 aromatic rings. The summed E-state index contributed by atoms with van der Waals surface area (Å²) in [6.07, 6.45) is 1.63. The van der Waals surface area contributed by atoms with Crippen LogP contribution in [0.3, 0.4) is 0 Å². The first-order chi connectivity index (χ1) is 17.4. The van der Waals surface area contributed by atoms with Crippen molar-refractivity contribution in [1.82, 2.24) is 4.90 Å². The Kier molecular flexibility index (Phi) is 7.00. The summed E-state index contributed by atoms with van der Waals surface area (Å²) in [7, 11) is 1.54. The molecule has 2 amide bonds. The van der Waals surface area contributed by atoms with E-state index < -0.39 is 11.1 Å². The summed E-state index contributed by atoms with van der Waals surface area (Å²) in [5, 5.41) is 0.619. The van der Waals surface area contributed by atoms with Gasteiger partial charge < -0.3 is 18.9 Å². The molecule has 0 spiro atoms. The van der Waals surface area contributed by atoms with Crippen LogP contribution >= 0.6 is 35.0 Å². The van der Waals surface area contributed by atoms with Crippen LogP contribution in [-0.4, -0.2) is 29.9 Å². The zero-order valence-corrected chi connectivity index (χ0v) is 21.3. The molecule has 0 aromatic heterocycles. The number of halogens is 2. The summed E-state index contributed by atoms with van der Waals surface area (Å²) in [6, 6.07) is 15.9. The number of nitrogens with zero attached hydrogens (tertiary/aromatic N) is 1. The second kappa shape index (κ2) is 10.3. The predicted octanol–water partition coefficient (Wildman–Crippen LogP) is 6.55. The van der Waals surface area contributed by atoms with Crippen molar-refractivity contribution in [2.24, 2.45) is 0 Å². The van der Waals surface area contributed by atoms with Gasteiger partial charge in [-0.05, 0) is 53.2 Å². The van der Waals surface area contributed by atoms with E-state index >= 15 is 0 Å². The Morgan fingerprint density at radius 1 is 1.06 bits per heavy atom. The highest BCUT2D eigenvalue weighted by Gasteiger charge is 2.36. The fourth-order valence-corrected chi connectivity index (χ4v) is 4.89. The van der Waals surface area contributed by atoms with Crippen LogP contribution in [0.5, 0.6) is 23.0 Å². The molecule has 0 aliphatic carbocycles. The molecule has 2 aliphatic rings. The molecule has 2 heterocycles. The normalized spacial score (nSPS) is 15.6. The third-order valence-electron chi connectivity index (χ3n) is 5.56. The zero-order valence-electron chi connectivity index (χ0n) is 19.0. The molecule has 0 N–H and O–H groups in total. The highest BCUT2D eigenvalue weighted by Crippen LogP contribution is 2.41. The Bertz CT molecular complexity index is 1380. The van der Waals surface area contributed by atoms with Crippen LogP contribution in [0.15, 0.2) is 59.5 Å². The number of fused-ring (bicyclic) bond motifs is 1. The lowest BCUT2D eigenvalue weighted by Gasteiger charge is -2.15. The Morgan fingerprint density at radius 2 is 1.81 bits per heavy atom. The third-order valence-corrected chi connectivity index (χ3v) is 7.07. The smallest absolute Gasteiger partial charge is 0.293 e. The number of hydrogen-bond donors (Lipinski definition) is 0. The molecule has 5 rings (SSSR count). The number of ether oxygens (including phenoxy) is 4. The summed E-state index contributed by atoms with van der Waals surface area (Å²) in [4.78, 5) is 27.3. The van der Waals surface area contributed by atoms with Crippen LogP contribution < -0.4 is 18.9 Å². The lowest BCUT2D eigenvalue weighted by atomic mass is 10.1. The van der Waals surface area contributed by atoms with Gasteiger partial charge >= 0.3 is 0 Å². The van der Waals surface area contributed by atoms with Crippen LogP contribution in [0.1, 0.15) is 16.7 Å². The summed E-state index contributed by atoms with van der Waals surface area (Å²) in [5.41, 5.74) is 2.10. The van der Waals surface area contributed by atoms with Crippen molar-refractivity contribution in [3.05, 3.63) is 86.2 Å². The molecule has 184 valence electrons. The molecule has 36 heavy (non-hydrogen) atoms. The number of para-hydroxylation sites is 1. The number of methoxy groups -OCH3 is 1. The van der Waals surface area contributed by atoms with Crippen LogP contribution in [0.2, 0.25) is 10.0 Å². The van der Waals surface area contributed by atoms with E-state index in [0.29, 0.717) is 44.2 Å². The number of imide groups is 1. The van der Waals surface area contributed by atoms with E-state index in [1.54, 1.807) is 48.5 Å². The van der Waals surface area contributed by atoms with Gasteiger partial charge in [0.15, 0.2) is 23.0 Å². The van der Waals surface area contributed by atoms with E-state index in [1.165, 1.54) is 7.11 Å². The van der Waals surface area contributed by atoms with E-state index in [1.807, 2.05) is 12.1 Å². The summed E-state index contributed by atoms with van der Waals surface area (Å²) in [6.45, 7) is 0.375. The van der Waals surface area contributed by atoms with Gasteiger partial charge in [0, 0.05) is 21.7 Å². The van der Waals surface area contributed by atoms with Gasteiger partial charge in [0.05, 0.1) is 18.6 Å². The second-order valence-electron chi connectivity index (χ2n) is 7.86. The average Bonchev–Trinajstić information content (AvgIpc) is 3.43. The summed E-state index contributed by atoms with van der Waals surface area (Å²) in [5.74, 6) is 1.59. The number of carbonyl (C=O) groups excluding carboxylic acids is 2. The minimum Gasteiger partial charge on any atom is -0.493 e. The number of benzene rings is 3. The fourth-order valence-electron chi connectivity index (χ4n) is 3.73. The Balaban J connectivity index is 1.39. The van der Waals surface area contributed by atoms with Crippen molar-refractivity contribution in [3.8, 4) is 23.0 Å². The molecular formula is C26H19Cl2NO6S. The fraction of sp³-hybridized carbons (Fsp3) is 0.154. The standard InChI is InChI=1S/C26H19Cl2NO6S/c1-32-20-4-2-3-16(24(20)33-13-15-5-7-18(27)8-6-15)10-23-25(30)29(26(31)36-23)12-17-9-21-22(11-19(17)28)35-14-34-21/h2-11H,12-14H2,1H3/b23-10-. The molecule has 2 aliphatic heterocycles. The maximum atomic E-state index is 13.2. The number of hydrogen-bond acceptors (Lipinski definition) is 7. The van der Waals surface area contributed by atoms with Gasteiger partial charge in [0.25, 0.3) is 11.1 Å². The van der Waals surface area contributed by atoms with Gasteiger partial charge in [-0.3, -0.25) is 14.5 Å². The molecule has 0 radical (unpaired) electrons. The summed E-state index contributed by atoms with van der Waals surface area (Å²) >= 11 is 13.2. The van der Waals surface area contributed by atoms with Gasteiger partial charge in [-0.25, -0.2) is 0 Å². The molecule has 10 heteroatoms. The van der Waals surface area contributed by atoms with E-state index in [2.05, 4.69) is 0 Å². The molecule has 0 saturated carbocycles. The van der Waals surface area contributed by atoms with Gasteiger partial charge in [0.1, 0.15) is 6.61 Å². The number of amides is 2. The third kappa shape index (κ3) is 4.97. The quantitative estimate of drug-likeness (QED) is 0.313. The zero-order chi connectivity index (χ0) is 25.2. The topological polar surface area (TPSA) is 74.3 Å². The van der Waals surface area contributed by atoms with Gasteiger partial charge in [-0.15, -0.1) is 0 Å². The molecule has 3 aromatic carbocycles. The number of thioether (sulfide) groups is 1. The second-order valence-corrected chi connectivity index (χ2v) is 9.70. The molecular weight excluding hydrogens is 525 g/mol. The van der Waals surface area contributed by atoms with Crippen molar-refractivity contribution in [2.75, 3.05) is 13.9 Å². The molecule has 7 nitrogen and oxygen atoms in total. The van der Waals surface area contributed by atoms with Gasteiger partial charge in [0.2, 0.25) is 6.79 Å². The van der Waals surface area contributed by atoms with Gasteiger partial charge in [-0.1, -0.05) is 47.5 Å². The van der Waals surface area contributed by atoms with E-state index in [4.69, 9.17) is 42.1 Å². The van der Waals surface area contributed by atoms with E-state index in [-0.39, 0.29) is 24.8 Å². The van der Waals surface area contributed by atoms with Crippen LogP contribution in [0, 0.1) is 0 Å². The largest absolute Gasteiger partial charge is 0.493 e. The molecule has 1 fully saturated rings. The molecule has 0 atom stereocenters. The van der Waals surface area contributed by atoms with Crippen molar-refractivity contribution in [2.45, 2.75) is 13.2 Å². The Morgan fingerprint density at radius 3 is 2.56 bits per heavy atom. The summed E-state index contributed by atoms with van der Waals surface area (Å²) < 4.78 is 22.2. The Labute approximate surface area is 221 Å². The minimum atomic E-state index is -0.426. The van der Waals surface area contributed by atoms with Gasteiger partial charge in [-0.2, -0.15) is 0 Å². The SMILES string of the molecule is COc1cccc(/C=C2\SC(=O)N(Cc3cc4c(cc3Cl)OCO4)C2=O)c1OCc1ccc(Cl)cc1. The van der Waals surface area contributed by atoms with Crippen LogP contribution in [0.25, 0.3) is 6.08 Å². The lowest BCUT2D eigenvalue weighted by molar-refractivity contribution is -0.123. The van der Waals surface area contributed by atoms with Crippen molar-refractivity contribution in [1.29, 1.82) is 0 Å². The van der Waals surface area contributed by atoms with Crippen LogP contribution in [-0.2, 0) is 17.9 Å². The first-order valence-corrected chi connectivity index (χ1v) is 12.4. The molecule has 0 unspecified atom stereocenters. The lowest BCUT2D eigenvalue weighted by Crippen LogP contribution is -2.27.